The molecule has 0 radical (unpaired) electrons. The van der Waals surface area contributed by atoms with Crippen LogP contribution in [0.1, 0.15) is 27.3 Å². The van der Waals surface area contributed by atoms with E-state index < -0.39 is 0 Å². The molecule has 1 aromatic carbocycles. The number of nitrogens with one attached hydrogen (secondary N) is 1. The molecule has 0 saturated heterocycles. The highest BCUT2D eigenvalue weighted by molar-refractivity contribution is 7.10. The van der Waals surface area contributed by atoms with Gasteiger partial charge in [0, 0.05) is 22.4 Å². The maximum Gasteiger partial charge on any atom is 0.250 e. The maximum absolute atomic E-state index is 13.1. The van der Waals surface area contributed by atoms with Crippen LogP contribution in [0.5, 0.6) is 0 Å². The number of benzene rings is 1. The van der Waals surface area contributed by atoms with Crippen molar-refractivity contribution in [1.82, 2.24) is 4.98 Å². The Morgan fingerprint density at radius 1 is 1.11 bits per heavy atom. The van der Waals surface area contributed by atoms with E-state index in [0.717, 1.165) is 31.0 Å². The minimum Gasteiger partial charge on any atom is -0.435 e. The Hall–Kier alpha value is -2.28. The molecule has 5 rings (SSSR count). The summed E-state index contributed by atoms with van der Waals surface area (Å²) in [6.07, 6.45) is 2.83. The van der Waals surface area contributed by atoms with Gasteiger partial charge < -0.3 is 9.32 Å². The normalized spacial score (nSPS) is 19.1. The molecule has 4 aromatic rings. The van der Waals surface area contributed by atoms with Crippen molar-refractivity contribution in [1.29, 1.82) is 0 Å². The second-order valence-electron chi connectivity index (χ2n) is 6.71. The summed E-state index contributed by atoms with van der Waals surface area (Å²) in [6, 6.07) is 13.3. The first-order valence-corrected chi connectivity index (χ1v) is 10.7. The zero-order valence-corrected chi connectivity index (χ0v) is 16.2. The lowest BCUT2D eigenvalue weighted by atomic mass is 9.98. The Labute approximate surface area is 164 Å². The first-order chi connectivity index (χ1) is 13.3. The summed E-state index contributed by atoms with van der Waals surface area (Å²) in [5.74, 6) is 1.16. The zero-order chi connectivity index (χ0) is 18.2. The van der Waals surface area contributed by atoms with Crippen LogP contribution in [0.15, 0.2) is 63.8 Å². The van der Waals surface area contributed by atoms with Crippen LogP contribution >= 0.6 is 22.7 Å². The van der Waals surface area contributed by atoms with Gasteiger partial charge in [-0.2, -0.15) is 0 Å². The predicted octanol–water partition coefficient (Wildman–Crippen LogP) is 4.33. The predicted molar refractivity (Wildman–Crippen MR) is 106 cm³/mol. The summed E-state index contributed by atoms with van der Waals surface area (Å²) in [5, 5.41) is 4.34. The SMILES string of the molecule is Fc1ccc(-c2cnc(C[NH+]3CCc4sccc4[C@@H]3c3cccs3)o2)cc1. The molecule has 3 aromatic heterocycles. The molecule has 3 nitrogen and oxygen atoms in total. The fourth-order valence-corrected chi connectivity index (χ4v) is 5.61. The molecule has 27 heavy (non-hydrogen) atoms. The summed E-state index contributed by atoms with van der Waals surface area (Å²) in [5.41, 5.74) is 2.28. The third-order valence-electron chi connectivity index (χ3n) is 5.06. The minimum absolute atomic E-state index is 0.249. The Morgan fingerprint density at radius 3 is 2.81 bits per heavy atom. The fourth-order valence-electron chi connectivity index (χ4n) is 3.78. The van der Waals surface area contributed by atoms with Crippen LogP contribution in [0, 0.1) is 5.82 Å². The highest BCUT2D eigenvalue weighted by Gasteiger charge is 2.34. The van der Waals surface area contributed by atoms with Crippen LogP contribution in [0.3, 0.4) is 0 Å². The molecule has 0 aliphatic carbocycles. The number of rotatable bonds is 4. The third kappa shape index (κ3) is 3.25. The van der Waals surface area contributed by atoms with Crippen molar-refractivity contribution in [3.05, 3.63) is 86.4 Å². The van der Waals surface area contributed by atoms with Crippen molar-refractivity contribution in [2.24, 2.45) is 0 Å². The van der Waals surface area contributed by atoms with Gasteiger partial charge in [0.25, 0.3) is 5.89 Å². The number of halogens is 1. The Morgan fingerprint density at radius 2 is 2.00 bits per heavy atom. The van der Waals surface area contributed by atoms with Crippen molar-refractivity contribution in [2.45, 2.75) is 19.0 Å². The van der Waals surface area contributed by atoms with E-state index in [1.54, 1.807) is 18.3 Å². The van der Waals surface area contributed by atoms with Gasteiger partial charge in [0.2, 0.25) is 0 Å². The highest BCUT2D eigenvalue weighted by Crippen LogP contribution is 2.32. The number of oxazole rings is 1. The van der Waals surface area contributed by atoms with E-state index in [0.29, 0.717) is 11.8 Å². The molecule has 2 atom stereocenters. The lowest BCUT2D eigenvalue weighted by Crippen LogP contribution is -3.12. The molecule has 0 bridgehead atoms. The molecule has 0 fully saturated rings. The molecule has 0 spiro atoms. The summed E-state index contributed by atoms with van der Waals surface area (Å²) < 4.78 is 19.1. The smallest absolute Gasteiger partial charge is 0.250 e. The van der Waals surface area contributed by atoms with Crippen LogP contribution in [0.4, 0.5) is 4.39 Å². The lowest BCUT2D eigenvalue weighted by molar-refractivity contribution is -0.942. The molecule has 1 aliphatic rings. The molecule has 1 aliphatic heterocycles. The van der Waals surface area contributed by atoms with Gasteiger partial charge >= 0.3 is 0 Å². The minimum atomic E-state index is -0.249. The van der Waals surface area contributed by atoms with Crippen LogP contribution in [0.2, 0.25) is 0 Å². The van der Waals surface area contributed by atoms with E-state index in [1.807, 2.05) is 22.7 Å². The standard InChI is InChI=1S/C21H17FN2OS2/c22-15-5-3-14(4-6-15)17-12-23-20(25-17)13-24-9-7-18-16(8-11-27-18)21(24)19-2-1-10-26-19/h1-6,8,10-12,21H,7,9,13H2/p+1/t21-/m1/s1. The number of thiophene rings is 2. The Balaban J connectivity index is 1.42. The number of aromatic nitrogens is 1. The van der Waals surface area contributed by atoms with Gasteiger partial charge in [0.1, 0.15) is 11.9 Å². The monoisotopic (exact) mass is 397 g/mol. The Bertz CT molecular complexity index is 1040. The number of hydrogen-bond donors (Lipinski definition) is 1. The summed E-state index contributed by atoms with van der Waals surface area (Å²) in [4.78, 5) is 8.83. The van der Waals surface area contributed by atoms with Crippen molar-refractivity contribution >= 4 is 22.7 Å². The highest BCUT2D eigenvalue weighted by atomic mass is 32.1. The summed E-state index contributed by atoms with van der Waals surface area (Å²) in [7, 11) is 0. The van der Waals surface area contributed by atoms with E-state index >= 15 is 0 Å². The quantitative estimate of drug-likeness (QED) is 0.555. The maximum atomic E-state index is 13.1. The molecular formula is C21H18FN2OS2+. The van der Waals surface area contributed by atoms with E-state index in [1.165, 1.54) is 32.4 Å². The second kappa shape index (κ2) is 7.03. The Kier molecular flexibility index (Phi) is 4.39. The van der Waals surface area contributed by atoms with Crippen molar-refractivity contribution in [2.75, 3.05) is 6.54 Å². The first-order valence-electron chi connectivity index (χ1n) is 8.93. The number of fused-ring (bicyclic) bond motifs is 1. The van der Waals surface area contributed by atoms with Gasteiger partial charge in [-0.25, -0.2) is 9.37 Å². The van der Waals surface area contributed by atoms with Crippen LogP contribution in [0.25, 0.3) is 11.3 Å². The van der Waals surface area contributed by atoms with Crippen LogP contribution < -0.4 is 4.90 Å². The zero-order valence-electron chi connectivity index (χ0n) is 14.5. The number of quaternary nitrogens is 1. The molecule has 4 heterocycles. The van der Waals surface area contributed by atoms with Crippen molar-refractivity contribution in [3.8, 4) is 11.3 Å². The first kappa shape index (κ1) is 16.9. The molecule has 1 N–H and O–H groups in total. The van der Waals surface area contributed by atoms with Gasteiger partial charge in [-0.05, 0) is 47.2 Å². The van der Waals surface area contributed by atoms with Gasteiger partial charge in [0.05, 0.1) is 17.6 Å². The van der Waals surface area contributed by atoms with Gasteiger partial charge in [-0.3, -0.25) is 0 Å². The molecule has 0 amide bonds. The van der Waals surface area contributed by atoms with E-state index in [2.05, 4.69) is 33.9 Å². The molecule has 6 heteroatoms. The third-order valence-corrected chi connectivity index (χ3v) is 6.99. The fraction of sp³-hybridized carbons (Fsp3) is 0.190. The summed E-state index contributed by atoms with van der Waals surface area (Å²) >= 11 is 3.67. The lowest BCUT2D eigenvalue weighted by Gasteiger charge is -2.31. The van der Waals surface area contributed by atoms with Gasteiger partial charge in [0.15, 0.2) is 12.3 Å². The molecule has 0 saturated carbocycles. The average molecular weight is 398 g/mol. The summed E-state index contributed by atoms with van der Waals surface area (Å²) in [6.45, 7) is 1.80. The van der Waals surface area contributed by atoms with Crippen LogP contribution in [-0.4, -0.2) is 11.5 Å². The van der Waals surface area contributed by atoms with E-state index in [9.17, 15) is 4.39 Å². The van der Waals surface area contributed by atoms with E-state index in [-0.39, 0.29) is 5.82 Å². The molecule has 1 unspecified atom stereocenters. The topological polar surface area (TPSA) is 30.5 Å². The largest absolute Gasteiger partial charge is 0.435 e. The number of hydrogen-bond acceptors (Lipinski definition) is 4. The molecule has 136 valence electrons. The van der Waals surface area contributed by atoms with Crippen LogP contribution in [-0.2, 0) is 13.0 Å². The average Bonchev–Trinajstić information content (AvgIpc) is 3.44. The molecular weight excluding hydrogens is 379 g/mol. The number of nitrogens with zero attached hydrogens (tertiary/aromatic N) is 1. The van der Waals surface area contributed by atoms with Gasteiger partial charge in [-0.15, -0.1) is 22.7 Å². The van der Waals surface area contributed by atoms with E-state index in [4.69, 9.17) is 4.42 Å². The van der Waals surface area contributed by atoms with Crippen molar-refractivity contribution in [3.63, 3.8) is 0 Å². The van der Waals surface area contributed by atoms with Gasteiger partial charge in [-0.1, -0.05) is 6.07 Å². The van der Waals surface area contributed by atoms with Crippen molar-refractivity contribution < 1.29 is 13.7 Å². The second-order valence-corrected chi connectivity index (χ2v) is 8.69.